The van der Waals surface area contributed by atoms with Crippen molar-refractivity contribution in [3.8, 4) is 0 Å². The molecule has 0 N–H and O–H groups in total. The summed E-state index contributed by atoms with van der Waals surface area (Å²) < 4.78 is 1.80. The third-order valence-corrected chi connectivity index (χ3v) is 6.17. The number of halogens is 2. The predicted octanol–water partition coefficient (Wildman–Crippen LogP) is -0.820. The monoisotopic (exact) mass is 377 g/mol. The summed E-state index contributed by atoms with van der Waals surface area (Å²) in [5.41, 5.74) is 3.39. The Labute approximate surface area is 158 Å². The fourth-order valence-corrected chi connectivity index (χ4v) is 4.68. The van der Waals surface area contributed by atoms with Crippen LogP contribution in [0.5, 0.6) is 0 Å². The summed E-state index contributed by atoms with van der Waals surface area (Å²) in [7, 11) is 0. The number of thioether (sulfide) groups is 1. The van der Waals surface area contributed by atoms with Gasteiger partial charge in [0.1, 0.15) is 0 Å². The van der Waals surface area contributed by atoms with Crippen LogP contribution in [0.2, 0.25) is 0 Å². The van der Waals surface area contributed by atoms with Gasteiger partial charge in [-0.2, -0.15) is 0 Å². The third-order valence-electron chi connectivity index (χ3n) is 4.04. The van der Waals surface area contributed by atoms with Crippen molar-refractivity contribution in [3.63, 3.8) is 0 Å². The van der Waals surface area contributed by atoms with Crippen molar-refractivity contribution < 1.29 is 45.2 Å². The molecule has 2 rings (SSSR count). The zero-order chi connectivity index (χ0) is 14.1. The molecule has 0 fully saturated rings. The number of allylic oxidation sites excluding steroid dienone is 7. The summed E-state index contributed by atoms with van der Waals surface area (Å²) in [6, 6.07) is 0. The minimum absolute atomic E-state index is 0. The normalized spacial score (nSPS) is 24.6. The van der Waals surface area contributed by atoms with E-state index >= 15 is 0 Å². The van der Waals surface area contributed by atoms with Gasteiger partial charge >= 0.3 is 134 Å². The molecule has 0 radical (unpaired) electrons. The predicted molar refractivity (Wildman–Crippen MR) is 82.9 cm³/mol. The van der Waals surface area contributed by atoms with Gasteiger partial charge in [0.25, 0.3) is 0 Å². The van der Waals surface area contributed by atoms with Gasteiger partial charge < -0.3 is 24.8 Å². The fourth-order valence-electron chi connectivity index (χ4n) is 3.07. The first-order chi connectivity index (χ1) is 8.89. The Bertz CT molecular complexity index is 484. The molecule has 0 nitrogen and oxygen atoms in total. The Kier molecular flexibility index (Phi) is 8.70. The van der Waals surface area contributed by atoms with Gasteiger partial charge in [0.05, 0.1) is 0 Å². The summed E-state index contributed by atoms with van der Waals surface area (Å²) in [6.07, 6.45) is 17.3. The van der Waals surface area contributed by atoms with Crippen molar-refractivity contribution in [2.45, 2.75) is 44.8 Å². The summed E-state index contributed by atoms with van der Waals surface area (Å²) in [5, 5.41) is 0. The SMILES string of the molecule is CSC1(CC2=[C]([Ti+2])CC=C2)CC=CC=C1C(C)(C)C.[Cl-].[Cl-]. The molecule has 115 valence electrons. The average molecular weight is 378 g/mol. The van der Waals surface area contributed by atoms with E-state index < -0.39 is 0 Å². The zero-order valence-corrected chi connectivity index (χ0v) is 17.1. The first-order valence-corrected chi connectivity index (χ1v) is 8.93. The number of hydrogen-bond donors (Lipinski definition) is 0. The number of rotatable bonds is 3. The third kappa shape index (κ3) is 4.79. The minimum atomic E-state index is 0. The van der Waals surface area contributed by atoms with Crippen LogP contribution in [0.25, 0.3) is 0 Å². The van der Waals surface area contributed by atoms with Crippen LogP contribution in [0.15, 0.2) is 45.4 Å². The van der Waals surface area contributed by atoms with Crippen molar-refractivity contribution in [1.29, 1.82) is 0 Å². The smallest absolute Gasteiger partial charge is 1.00 e. The van der Waals surface area contributed by atoms with Gasteiger partial charge in [-0.15, -0.1) is 0 Å². The molecule has 0 aromatic rings. The summed E-state index contributed by atoms with van der Waals surface area (Å²) in [6.45, 7) is 7.03. The Morgan fingerprint density at radius 2 is 1.90 bits per heavy atom. The van der Waals surface area contributed by atoms with Crippen molar-refractivity contribution in [3.05, 3.63) is 45.4 Å². The first-order valence-electron chi connectivity index (χ1n) is 6.92. The molecule has 0 saturated heterocycles. The van der Waals surface area contributed by atoms with Gasteiger partial charge in [-0.05, 0) is 0 Å². The Morgan fingerprint density at radius 1 is 1.24 bits per heavy atom. The maximum absolute atomic E-state index is 2.36. The van der Waals surface area contributed by atoms with Crippen LogP contribution in [-0.2, 0) is 20.4 Å². The molecule has 0 amide bonds. The molecule has 0 spiro atoms. The summed E-state index contributed by atoms with van der Waals surface area (Å²) in [4.78, 5) is 0. The molecule has 0 saturated carbocycles. The molecule has 0 heterocycles. The van der Waals surface area contributed by atoms with Crippen LogP contribution in [0, 0.1) is 5.41 Å². The van der Waals surface area contributed by atoms with Crippen LogP contribution in [0.4, 0.5) is 0 Å². The van der Waals surface area contributed by atoms with Crippen LogP contribution >= 0.6 is 11.8 Å². The van der Waals surface area contributed by atoms with E-state index in [4.69, 9.17) is 0 Å². The minimum Gasteiger partial charge on any atom is -1.00 e. The Hall–Kier alpha value is 0.604. The molecule has 2 aliphatic rings. The van der Waals surface area contributed by atoms with Gasteiger partial charge in [-0.25, -0.2) is 0 Å². The molecule has 0 aromatic heterocycles. The molecule has 0 aromatic carbocycles. The number of hydrogen-bond acceptors (Lipinski definition) is 1. The largest absolute Gasteiger partial charge is 1.00 e. The molecular formula is C17H23Cl2STi. The van der Waals surface area contributed by atoms with Crippen LogP contribution in [0.3, 0.4) is 0 Å². The van der Waals surface area contributed by atoms with Crippen LogP contribution < -0.4 is 24.8 Å². The maximum atomic E-state index is 2.36. The average Bonchev–Trinajstić information content (AvgIpc) is 2.74. The summed E-state index contributed by atoms with van der Waals surface area (Å²) >= 11 is 4.31. The van der Waals surface area contributed by atoms with E-state index in [9.17, 15) is 0 Å². The van der Waals surface area contributed by atoms with E-state index in [-0.39, 0.29) is 35.0 Å². The molecule has 21 heavy (non-hydrogen) atoms. The van der Waals surface area contributed by atoms with Crippen LogP contribution in [0.1, 0.15) is 40.0 Å². The van der Waals surface area contributed by atoms with Crippen molar-refractivity contribution in [2.24, 2.45) is 5.41 Å². The second-order valence-electron chi connectivity index (χ2n) is 6.45. The van der Waals surface area contributed by atoms with E-state index in [1.54, 1.807) is 15.0 Å². The second-order valence-corrected chi connectivity index (χ2v) is 8.58. The van der Waals surface area contributed by atoms with Gasteiger partial charge in [0.2, 0.25) is 0 Å². The van der Waals surface area contributed by atoms with Gasteiger partial charge in [-0.1, -0.05) is 0 Å². The molecule has 1 atom stereocenters. The molecular weight excluding hydrogens is 355 g/mol. The molecule has 2 aliphatic carbocycles. The van der Waals surface area contributed by atoms with Crippen molar-refractivity contribution in [1.82, 2.24) is 0 Å². The van der Waals surface area contributed by atoms with Gasteiger partial charge in [0.15, 0.2) is 0 Å². The van der Waals surface area contributed by atoms with Crippen molar-refractivity contribution >= 4 is 11.8 Å². The van der Waals surface area contributed by atoms with Gasteiger partial charge in [-0.3, -0.25) is 0 Å². The van der Waals surface area contributed by atoms with Gasteiger partial charge in [0, 0.05) is 0 Å². The quantitative estimate of drug-likeness (QED) is 0.579. The van der Waals surface area contributed by atoms with E-state index in [0.29, 0.717) is 0 Å². The van der Waals surface area contributed by atoms with E-state index in [0.717, 1.165) is 12.8 Å². The van der Waals surface area contributed by atoms with E-state index in [1.165, 1.54) is 6.42 Å². The first kappa shape index (κ1) is 21.6. The Morgan fingerprint density at radius 3 is 2.38 bits per heavy atom. The van der Waals surface area contributed by atoms with E-state index in [2.05, 4.69) is 77.8 Å². The molecule has 1 unspecified atom stereocenters. The Balaban J connectivity index is 0.00000200. The fraction of sp³-hybridized carbons (Fsp3) is 0.529. The van der Waals surface area contributed by atoms with E-state index in [1.807, 2.05) is 11.8 Å². The standard InChI is InChI=1S/C17H23S.2ClH.Ti/c1-16(2,3)15-11-7-8-12-17(15,18-4)13-14-9-5-6-10-14;;;/h5,7-9,11H,6,12-13H2,1-4H3;2*1H;/q;;;+2/p-2. The molecule has 4 heteroatoms. The summed E-state index contributed by atoms with van der Waals surface area (Å²) in [5.74, 6) is 0. The second kappa shape index (κ2) is 8.45. The van der Waals surface area contributed by atoms with Crippen molar-refractivity contribution in [2.75, 3.05) is 6.26 Å². The molecule has 0 bridgehead atoms. The molecule has 0 aliphatic heterocycles. The zero-order valence-electron chi connectivity index (χ0n) is 13.2. The maximum Gasteiger partial charge on any atom is -1.00 e. The van der Waals surface area contributed by atoms with Crippen LogP contribution in [-0.4, -0.2) is 11.0 Å². The topological polar surface area (TPSA) is 0 Å².